The van der Waals surface area contributed by atoms with Crippen molar-refractivity contribution in [1.82, 2.24) is 0 Å². The smallest absolute Gasteiger partial charge is 0.166 e. The number of rotatable bonds is 0. The Balaban J connectivity index is 2.95. The van der Waals surface area contributed by atoms with E-state index >= 15 is 0 Å². The van der Waals surface area contributed by atoms with Gasteiger partial charge in [-0.1, -0.05) is 23.3 Å². The quantitative estimate of drug-likeness (QED) is 0.572. The highest BCUT2D eigenvalue weighted by Gasteiger charge is 2.31. The molecule has 0 bridgehead atoms. The summed E-state index contributed by atoms with van der Waals surface area (Å²) in [7, 11) is 0. The van der Waals surface area contributed by atoms with E-state index in [0.29, 0.717) is 17.9 Å². The van der Waals surface area contributed by atoms with E-state index in [-0.39, 0.29) is 0 Å². The van der Waals surface area contributed by atoms with Crippen LogP contribution in [0.4, 0.5) is 13.2 Å². The van der Waals surface area contributed by atoms with Crippen LogP contribution in [-0.2, 0) is 0 Å². The van der Waals surface area contributed by atoms with Crippen molar-refractivity contribution in [3.8, 4) is 0 Å². The molecule has 1 rings (SSSR count). The van der Waals surface area contributed by atoms with Gasteiger partial charge >= 0.3 is 6.18 Å². The molecule has 0 amide bonds. The van der Waals surface area contributed by atoms with Gasteiger partial charge in [-0.25, -0.2) is 0 Å². The maximum atomic E-state index is 12.3. The summed E-state index contributed by atoms with van der Waals surface area (Å²) in [5.74, 6) is 0. The summed E-state index contributed by atoms with van der Waals surface area (Å²) < 4.78 is 36.9. The largest absolute Gasteiger partial charge is 0.416 e. The maximum absolute atomic E-state index is 12.3. The van der Waals surface area contributed by atoms with E-state index in [1.165, 1.54) is 12.2 Å². The number of alkyl halides is 3. The molecule has 4 heteroatoms. The fourth-order valence-electron chi connectivity index (χ4n) is 1.15. The van der Waals surface area contributed by atoms with Gasteiger partial charge < -0.3 is 0 Å². The summed E-state index contributed by atoms with van der Waals surface area (Å²) in [5, 5.41) is 0.403. The van der Waals surface area contributed by atoms with Gasteiger partial charge in [-0.15, -0.1) is 0 Å². The molecule has 0 spiro atoms. The van der Waals surface area contributed by atoms with Crippen molar-refractivity contribution in [3.63, 3.8) is 0 Å². The number of halogens is 4. The van der Waals surface area contributed by atoms with Gasteiger partial charge in [-0.3, -0.25) is 0 Å². The predicted molar refractivity (Wildman–Crippen MR) is 51.1 cm³/mol. The first-order chi connectivity index (χ1) is 6.41. The first-order valence-electron chi connectivity index (χ1n) is 4.22. The molecular formula is C10H10ClF3. The highest BCUT2D eigenvalue weighted by atomic mass is 35.5. The Morgan fingerprint density at radius 1 is 1.29 bits per heavy atom. The summed E-state index contributed by atoms with van der Waals surface area (Å²) in [4.78, 5) is 0. The molecule has 0 nitrogen and oxygen atoms in total. The van der Waals surface area contributed by atoms with Crippen LogP contribution in [0.1, 0.15) is 19.8 Å². The van der Waals surface area contributed by atoms with Crippen molar-refractivity contribution in [1.29, 1.82) is 0 Å². The standard InChI is InChI=1S/C10H10ClF3/c1-7-3-2-4-8(10(12,13)14)5-6-9(7)11/h4-6H,2-3H2,1H3/b6-5-,8-4+,9-7+. The van der Waals surface area contributed by atoms with Gasteiger partial charge in [0.15, 0.2) is 0 Å². The van der Waals surface area contributed by atoms with Crippen molar-refractivity contribution in [3.05, 3.63) is 34.4 Å². The Kier molecular flexibility index (Phi) is 3.43. The molecule has 0 saturated heterocycles. The Bertz CT molecular complexity index is 308. The Hall–Kier alpha value is -0.700. The monoisotopic (exact) mass is 222 g/mol. The van der Waals surface area contributed by atoms with Crippen molar-refractivity contribution in [2.24, 2.45) is 0 Å². The van der Waals surface area contributed by atoms with Crippen LogP contribution in [0.2, 0.25) is 0 Å². The molecule has 1 aliphatic rings. The molecule has 78 valence electrons. The van der Waals surface area contributed by atoms with E-state index in [1.807, 2.05) is 6.92 Å². The summed E-state index contributed by atoms with van der Waals surface area (Å²) in [5.41, 5.74) is 0.295. The van der Waals surface area contributed by atoms with Crippen molar-refractivity contribution < 1.29 is 13.2 Å². The molecule has 0 fully saturated rings. The second-order valence-corrected chi connectivity index (χ2v) is 3.56. The first-order valence-corrected chi connectivity index (χ1v) is 4.60. The van der Waals surface area contributed by atoms with Crippen LogP contribution in [0, 0.1) is 0 Å². The Labute approximate surface area is 85.7 Å². The van der Waals surface area contributed by atoms with E-state index in [1.54, 1.807) is 0 Å². The van der Waals surface area contributed by atoms with E-state index in [0.717, 1.165) is 11.6 Å². The lowest BCUT2D eigenvalue weighted by Crippen LogP contribution is -2.10. The maximum Gasteiger partial charge on any atom is 0.416 e. The van der Waals surface area contributed by atoms with Gasteiger partial charge in [0, 0.05) is 5.03 Å². The summed E-state index contributed by atoms with van der Waals surface area (Å²) in [6.45, 7) is 1.82. The Morgan fingerprint density at radius 2 is 1.93 bits per heavy atom. The van der Waals surface area contributed by atoms with Crippen LogP contribution in [0.25, 0.3) is 0 Å². The van der Waals surface area contributed by atoms with E-state index < -0.39 is 11.7 Å². The molecule has 0 N–H and O–H groups in total. The second-order valence-electron chi connectivity index (χ2n) is 3.16. The second kappa shape index (κ2) is 4.22. The number of hydrogen-bond donors (Lipinski definition) is 0. The van der Waals surface area contributed by atoms with Crippen LogP contribution in [0.15, 0.2) is 34.4 Å². The molecule has 0 aromatic rings. The average molecular weight is 223 g/mol. The zero-order chi connectivity index (χ0) is 10.8. The lowest BCUT2D eigenvalue weighted by molar-refractivity contribution is -0.0884. The number of allylic oxidation sites excluding steroid dienone is 6. The van der Waals surface area contributed by atoms with E-state index in [2.05, 4.69) is 0 Å². The molecule has 0 heterocycles. The fraction of sp³-hybridized carbons (Fsp3) is 0.400. The minimum absolute atomic E-state index is 0.376. The Morgan fingerprint density at radius 3 is 2.50 bits per heavy atom. The molecule has 1 aliphatic carbocycles. The molecule has 0 unspecified atom stereocenters. The van der Waals surface area contributed by atoms with Crippen LogP contribution in [0.3, 0.4) is 0 Å². The van der Waals surface area contributed by atoms with Crippen LogP contribution < -0.4 is 0 Å². The summed E-state index contributed by atoms with van der Waals surface area (Å²) in [6, 6.07) is 0. The van der Waals surface area contributed by atoms with E-state index in [4.69, 9.17) is 11.6 Å². The van der Waals surface area contributed by atoms with Crippen molar-refractivity contribution in [2.75, 3.05) is 0 Å². The average Bonchev–Trinajstić information content (AvgIpc) is 2.04. The SMILES string of the molecule is C/C1=C(Cl)/C=C\C(C(F)(F)F)=C/CC1. The third kappa shape index (κ3) is 2.91. The fourth-order valence-corrected chi connectivity index (χ4v) is 1.30. The lowest BCUT2D eigenvalue weighted by Gasteiger charge is -2.10. The van der Waals surface area contributed by atoms with Gasteiger partial charge in [-0.05, 0) is 31.9 Å². The highest BCUT2D eigenvalue weighted by molar-refractivity contribution is 6.31. The van der Waals surface area contributed by atoms with Gasteiger partial charge in [0.2, 0.25) is 0 Å². The van der Waals surface area contributed by atoms with Crippen LogP contribution in [0.5, 0.6) is 0 Å². The minimum Gasteiger partial charge on any atom is -0.166 e. The molecular weight excluding hydrogens is 213 g/mol. The molecule has 0 aromatic heterocycles. The molecule has 0 aliphatic heterocycles. The lowest BCUT2D eigenvalue weighted by atomic mass is 10.1. The molecule has 0 atom stereocenters. The topological polar surface area (TPSA) is 0 Å². The van der Waals surface area contributed by atoms with Crippen LogP contribution in [-0.4, -0.2) is 6.18 Å². The van der Waals surface area contributed by atoms with Gasteiger partial charge in [-0.2, -0.15) is 13.2 Å². The summed E-state index contributed by atoms with van der Waals surface area (Å²) >= 11 is 5.76. The molecule has 0 radical (unpaired) electrons. The van der Waals surface area contributed by atoms with Gasteiger partial charge in [0.25, 0.3) is 0 Å². The summed E-state index contributed by atoms with van der Waals surface area (Å²) in [6.07, 6.45) is 0.187. The minimum atomic E-state index is -4.28. The van der Waals surface area contributed by atoms with Crippen molar-refractivity contribution >= 4 is 11.6 Å². The third-order valence-electron chi connectivity index (χ3n) is 2.03. The molecule has 14 heavy (non-hydrogen) atoms. The van der Waals surface area contributed by atoms with Gasteiger partial charge in [0.05, 0.1) is 5.57 Å². The number of hydrogen-bond acceptors (Lipinski definition) is 0. The third-order valence-corrected chi connectivity index (χ3v) is 2.48. The highest BCUT2D eigenvalue weighted by Crippen LogP contribution is 2.30. The van der Waals surface area contributed by atoms with Crippen molar-refractivity contribution in [2.45, 2.75) is 25.9 Å². The van der Waals surface area contributed by atoms with Gasteiger partial charge in [0.1, 0.15) is 0 Å². The predicted octanol–water partition coefficient (Wildman–Crippen LogP) is 4.34. The zero-order valence-electron chi connectivity index (χ0n) is 7.66. The normalized spacial score (nSPS) is 30.2. The molecule has 0 aromatic carbocycles. The van der Waals surface area contributed by atoms with E-state index in [9.17, 15) is 13.2 Å². The first kappa shape index (κ1) is 11.4. The van der Waals surface area contributed by atoms with Crippen LogP contribution >= 0.6 is 11.6 Å². The molecule has 0 saturated carbocycles. The zero-order valence-corrected chi connectivity index (χ0v) is 8.41.